The van der Waals surface area contributed by atoms with Crippen LogP contribution in [0.5, 0.6) is 0 Å². The molecular formula is C12H11N5O3S. The highest BCUT2D eigenvalue weighted by molar-refractivity contribution is 8.42. The Labute approximate surface area is 121 Å². The van der Waals surface area contributed by atoms with Crippen LogP contribution in [0, 0.1) is 0 Å². The third-order valence-corrected chi connectivity index (χ3v) is 5.04. The summed E-state index contributed by atoms with van der Waals surface area (Å²) in [6.45, 7) is 1.83. The van der Waals surface area contributed by atoms with Crippen molar-refractivity contribution in [3.05, 3.63) is 46.1 Å². The molecule has 0 saturated carbocycles. The van der Waals surface area contributed by atoms with Gasteiger partial charge in [-0.25, -0.2) is 4.79 Å². The summed E-state index contributed by atoms with van der Waals surface area (Å²) >= 11 is 0. The first-order valence-electron chi connectivity index (χ1n) is 5.94. The molecule has 9 heteroatoms. The van der Waals surface area contributed by atoms with Crippen LogP contribution in [0.2, 0.25) is 0 Å². The molecule has 3 N–H and O–H groups in total. The molecule has 3 rings (SSSR count). The van der Waals surface area contributed by atoms with Crippen LogP contribution in [0.15, 0.2) is 48.8 Å². The molecule has 0 saturated heterocycles. The number of carbonyl (C=O) groups excluding carboxylic acids is 1. The minimum atomic E-state index is -1.07. The van der Waals surface area contributed by atoms with Crippen LogP contribution in [-0.2, 0) is 0 Å². The van der Waals surface area contributed by atoms with Gasteiger partial charge in [0.15, 0.2) is 0 Å². The molecule has 2 aromatic rings. The summed E-state index contributed by atoms with van der Waals surface area (Å²) in [4.78, 5) is 22.8. The molecule has 3 heterocycles. The fourth-order valence-electron chi connectivity index (χ4n) is 1.96. The number of primary amides is 1. The number of nitrogens with zero attached hydrogens (tertiary/aromatic N) is 3. The van der Waals surface area contributed by atoms with Crippen molar-refractivity contribution < 1.29 is 9.21 Å². The van der Waals surface area contributed by atoms with E-state index in [0.717, 1.165) is 10.1 Å². The van der Waals surface area contributed by atoms with Gasteiger partial charge in [0, 0.05) is 12.3 Å². The molecule has 21 heavy (non-hydrogen) atoms. The summed E-state index contributed by atoms with van der Waals surface area (Å²) in [7, 11) is -1.07. The van der Waals surface area contributed by atoms with Crippen molar-refractivity contribution in [1.29, 1.82) is 0 Å². The van der Waals surface area contributed by atoms with Gasteiger partial charge in [-0.15, -0.1) is 21.1 Å². The highest BCUT2D eigenvalue weighted by Gasteiger charge is 2.29. The lowest BCUT2D eigenvalue weighted by Gasteiger charge is -2.16. The molecule has 1 unspecified atom stereocenters. The molecule has 8 nitrogen and oxygen atoms in total. The van der Waals surface area contributed by atoms with E-state index < -0.39 is 22.4 Å². The monoisotopic (exact) mass is 305 g/mol. The predicted octanol–water partition coefficient (Wildman–Crippen LogP) is 0.616. The Hall–Kier alpha value is -2.68. The second-order valence-electron chi connectivity index (χ2n) is 4.20. The number of nitrogens with two attached hydrogens (primary N) is 1. The number of carbonyl (C=O) groups is 1. The molecule has 0 radical (unpaired) electrons. The summed E-state index contributed by atoms with van der Waals surface area (Å²) in [6.07, 6.45) is 1.70. The Morgan fingerprint density at radius 2 is 2.14 bits per heavy atom. The molecule has 0 fully saturated rings. The van der Waals surface area contributed by atoms with Crippen molar-refractivity contribution in [3.8, 4) is 0 Å². The highest BCUT2D eigenvalue weighted by atomic mass is 32.2. The highest BCUT2D eigenvalue weighted by Crippen LogP contribution is 2.43. The van der Waals surface area contributed by atoms with Crippen LogP contribution in [-0.4, -0.2) is 26.2 Å². The molecular weight excluding hydrogens is 294 g/mol. The smallest absolute Gasteiger partial charge is 0.336 e. The van der Waals surface area contributed by atoms with E-state index in [1.165, 1.54) is 12.1 Å². The first-order chi connectivity index (χ1) is 10.1. The quantitative estimate of drug-likeness (QED) is 0.718. The molecule has 0 spiro atoms. The van der Waals surface area contributed by atoms with Gasteiger partial charge in [-0.1, -0.05) is 0 Å². The van der Waals surface area contributed by atoms with Crippen LogP contribution >= 0.6 is 10.9 Å². The van der Waals surface area contributed by atoms with Crippen molar-refractivity contribution in [1.82, 2.24) is 10.2 Å². The third kappa shape index (κ3) is 2.27. The Kier molecular flexibility index (Phi) is 3.18. The van der Waals surface area contributed by atoms with E-state index in [4.69, 9.17) is 10.2 Å². The van der Waals surface area contributed by atoms with E-state index in [0.29, 0.717) is 10.6 Å². The van der Waals surface area contributed by atoms with E-state index in [1.807, 2.05) is 13.0 Å². The molecule has 0 aliphatic carbocycles. The molecule has 1 amide bonds. The average molecular weight is 305 g/mol. The summed E-state index contributed by atoms with van der Waals surface area (Å²) in [6, 6.07) is 4.51. The van der Waals surface area contributed by atoms with Gasteiger partial charge < -0.3 is 10.2 Å². The lowest BCUT2D eigenvalue weighted by atomic mass is 10.2. The predicted molar refractivity (Wildman–Crippen MR) is 79.0 cm³/mol. The second kappa shape index (κ2) is 5.02. The van der Waals surface area contributed by atoms with E-state index in [1.54, 1.807) is 6.20 Å². The first-order valence-corrected chi connectivity index (χ1v) is 7.28. The lowest BCUT2D eigenvalue weighted by Crippen LogP contribution is -2.19. The molecule has 0 bridgehead atoms. The lowest BCUT2D eigenvalue weighted by molar-refractivity contribution is 0.0969. The number of amides is 1. The van der Waals surface area contributed by atoms with E-state index >= 15 is 0 Å². The second-order valence-corrected chi connectivity index (χ2v) is 6.40. The minimum absolute atomic E-state index is 0.214. The zero-order valence-corrected chi connectivity index (χ0v) is 11.8. The SMILES string of the molecule is CC1=NN=C(c2ccc(=O)oc2C(N)=O)[SH]1c1cc[nH]n1. The number of nitrogens with one attached hydrogen (secondary N) is 1. The normalized spacial score (nSPS) is 19.2. The fourth-order valence-corrected chi connectivity index (χ4v) is 3.89. The molecule has 0 aromatic carbocycles. The van der Waals surface area contributed by atoms with Crippen molar-refractivity contribution in [2.45, 2.75) is 11.9 Å². The van der Waals surface area contributed by atoms with Crippen LogP contribution in [0.25, 0.3) is 0 Å². The largest absolute Gasteiger partial charge is 0.417 e. The molecule has 1 aliphatic heterocycles. The number of H-pyrrole nitrogens is 1. The Bertz CT molecular complexity index is 822. The third-order valence-electron chi connectivity index (χ3n) is 2.84. The zero-order chi connectivity index (χ0) is 15.0. The number of thiol groups is 1. The summed E-state index contributed by atoms with van der Waals surface area (Å²) < 4.78 is 4.90. The van der Waals surface area contributed by atoms with Crippen LogP contribution in [0.1, 0.15) is 23.0 Å². The van der Waals surface area contributed by atoms with Gasteiger partial charge in [-0.3, -0.25) is 9.89 Å². The van der Waals surface area contributed by atoms with Gasteiger partial charge in [0.25, 0.3) is 5.91 Å². The Balaban J connectivity index is 2.13. The Morgan fingerprint density at radius 3 is 2.81 bits per heavy atom. The molecule has 1 aliphatic rings. The summed E-state index contributed by atoms with van der Waals surface area (Å²) in [5, 5.41) is 17.1. The number of aromatic nitrogens is 2. The minimum Gasteiger partial charge on any atom is -0.417 e. The standard InChI is InChI=1S/C12H11N5O3S/c1-6-15-17-12(21(6)8-4-5-14-16-8)7-2-3-9(18)20-10(7)11(13)19/h2-5,21H,1H3,(H2,13,19)(H,14,16). The summed E-state index contributed by atoms with van der Waals surface area (Å²) in [5.41, 5.74) is 5.00. The topological polar surface area (TPSA) is 127 Å². The van der Waals surface area contributed by atoms with Crippen molar-refractivity contribution in [2.75, 3.05) is 0 Å². The molecule has 2 aromatic heterocycles. The fraction of sp³-hybridized carbons (Fsp3) is 0.0833. The first kappa shape index (κ1) is 13.3. The zero-order valence-electron chi connectivity index (χ0n) is 10.9. The van der Waals surface area contributed by atoms with Crippen molar-refractivity contribution >= 4 is 26.9 Å². The van der Waals surface area contributed by atoms with Gasteiger partial charge >= 0.3 is 5.63 Å². The number of hydrogen-bond donors (Lipinski definition) is 3. The van der Waals surface area contributed by atoms with Crippen LogP contribution in [0.4, 0.5) is 0 Å². The maximum Gasteiger partial charge on any atom is 0.336 e. The number of rotatable bonds is 3. The van der Waals surface area contributed by atoms with Gasteiger partial charge in [0.2, 0.25) is 5.76 Å². The molecule has 108 valence electrons. The van der Waals surface area contributed by atoms with E-state index in [2.05, 4.69) is 20.4 Å². The van der Waals surface area contributed by atoms with Crippen LogP contribution < -0.4 is 11.4 Å². The van der Waals surface area contributed by atoms with Gasteiger partial charge in [0.1, 0.15) is 10.1 Å². The number of aromatic amines is 1. The van der Waals surface area contributed by atoms with Gasteiger partial charge in [-0.2, -0.15) is 5.10 Å². The van der Waals surface area contributed by atoms with Crippen LogP contribution in [0.3, 0.4) is 0 Å². The van der Waals surface area contributed by atoms with Gasteiger partial charge in [-0.05, 0) is 19.1 Å². The van der Waals surface area contributed by atoms with E-state index in [9.17, 15) is 9.59 Å². The molecule has 1 atom stereocenters. The Morgan fingerprint density at radius 1 is 1.33 bits per heavy atom. The van der Waals surface area contributed by atoms with E-state index in [-0.39, 0.29) is 5.76 Å². The van der Waals surface area contributed by atoms with Crippen molar-refractivity contribution in [2.24, 2.45) is 15.9 Å². The van der Waals surface area contributed by atoms with Crippen molar-refractivity contribution in [3.63, 3.8) is 0 Å². The maximum atomic E-state index is 11.5. The number of hydrogen-bond acceptors (Lipinski definition) is 6. The maximum absolute atomic E-state index is 11.5. The van der Waals surface area contributed by atoms with Gasteiger partial charge in [0.05, 0.1) is 10.6 Å². The summed E-state index contributed by atoms with van der Waals surface area (Å²) in [5.74, 6) is -1.04. The average Bonchev–Trinajstić information content (AvgIpc) is 3.07.